The molecular formula is C11H20ClN5O. The van der Waals surface area contributed by atoms with E-state index in [2.05, 4.69) is 39.0 Å². The van der Waals surface area contributed by atoms with Gasteiger partial charge >= 0.3 is 6.01 Å². The van der Waals surface area contributed by atoms with Gasteiger partial charge in [-0.25, -0.2) is 0 Å². The topological polar surface area (TPSA) is 63.2 Å². The van der Waals surface area contributed by atoms with Gasteiger partial charge in [0.25, 0.3) is 0 Å². The van der Waals surface area contributed by atoms with Crippen LogP contribution in [0.2, 0.25) is 5.28 Å². The molecule has 7 heteroatoms. The lowest BCUT2D eigenvalue weighted by molar-refractivity contribution is 0.342. The van der Waals surface area contributed by atoms with Crippen molar-refractivity contribution in [2.45, 2.75) is 19.9 Å². The van der Waals surface area contributed by atoms with Gasteiger partial charge < -0.3 is 15.0 Å². The van der Waals surface area contributed by atoms with Crippen molar-refractivity contribution in [1.82, 2.24) is 19.9 Å². The van der Waals surface area contributed by atoms with Crippen molar-refractivity contribution in [3.05, 3.63) is 5.28 Å². The number of nitrogens with zero attached hydrogens (tertiary/aromatic N) is 4. The minimum atomic E-state index is 0.122. The molecular weight excluding hydrogens is 254 g/mol. The van der Waals surface area contributed by atoms with Crippen molar-refractivity contribution in [3.8, 4) is 6.01 Å². The third-order valence-electron chi connectivity index (χ3n) is 2.45. The molecule has 1 heterocycles. The molecule has 0 aliphatic carbocycles. The maximum absolute atomic E-state index is 5.80. The predicted octanol–water partition coefficient (Wildman–Crippen LogP) is 1.53. The monoisotopic (exact) mass is 273 g/mol. The van der Waals surface area contributed by atoms with Crippen LogP contribution in [-0.4, -0.2) is 53.6 Å². The van der Waals surface area contributed by atoms with E-state index in [-0.39, 0.29) is 17.3 Å². The van der Waals surface area contributed by atoms with Gasteiger partial charge in [-0.15, -0.1) is 0 Å². The standard InChI is InChI=1S/C11H20ClN5O/c1-7(2)8(6-17(3)4)13-10-14-9(12)15-11(16-10)18-5/h7-8H,6H2,1-5H3,(H,13,14,15,16). The molecule has 0 aliphatic rings. The molecule has 0 amide bonds. The molecule has 1 rings (SSSR count). The zero-order valence-electron chi connectivity index (χ0n) is 11.4. The minimum Gasteiger partial charge on any atom is -0.467 e. The van der Waals surface area contributed by atoms with E-state index < -0.39 is 0 Å². The molecule has 1 aromatic rings. The summed E-state index contributed by atoms with van der Waals surface area (Å²) in [4.78, 5) is 14.1. The average Bonchev–Trinajstić information content (AvgIpc) is 2.26. The highest BCUT2D eigenvalue weighted by Gasteiger charge is 2.16. The van der Waals surface area contributed by atoms with Gasteiger partial charge in [-0.05, 0) is 31.6 Å². The van der Waals surface area contributed by atoms with E-state index in [1.807, 2.05) is 14.1 Å². The number of methoxy groups -OCH3 is 1. The molecule has 1 N–H and O–H groups in total. The molecule has 0 bridgehead atoms. The number of nitrogens with one attached hydrogen (secondary N) is 1. The highest BCUT2D eigenvalue weighted by Crippen LogP contribution is 2.14. The maximum Gasteiger partial charge on any atom is 0.322 e. The van der Waals surface area contributed by atoms with E-state index in [4.69, 9.17) is 16.3 Å². The number of halogens is 1. The van der Waals surface area contributed by atoms with Crippen molar-refractivity contribution >= 4 is 17.5 Å². The van der Waals surface area contributed by atoms with Gasteiger partial charge in [0.15, 0.2) is 0 Å². The van der Waals surface area contributed by atoms with Crippen LogP contribution in [0.4, 0.5) is 5.95 Å². The van der Waals surface area contributed by atoms with Crippen LogP contribution < -0.4 is 10.1 Å². The van der Waals surface area contributed by atoms with Crippen molar-refractivity contribution in [2.75, 3.05) is 33.1 Å². The van der Waals surface area contributed by atoms with Crippen LogP contribution >= 0.6 is 11.6 Å². The number of ether oxygens (including phenoxy) is 1. The van der Waals surface area contributed by atoms with Crippen molar-refractivity contribution in [2.24, 2.45) is 5.92 Å². The molecule has 0 radical (unpaired) electrons. The van der Waals surface area contributed by atoms with E-state index in [1.165, 1.54) is 7.11 Å². The van der Waals surface area contributed by atoms with Crippen LogP contribution in [0.5, 0.6) is 6.01 Å². The van der Waals surface area contributed by atoms with Gasteiger partial charge in [-0.2, -0.15) is 15.0 Å². The van der Waals surface area contributed by atoms with Crippen molar-refractivity contribution < 1.29 is 4.74 Å². The molecule has 0 aliphatic heterocycles. The largest absolute Gasteiger partial charge is 0.467 e. The zero-order valence-corrected chi connectivity index (χ0v) is 12.2. The number of hydrogen-bond acceptors (Lipinski definition) is 6. The van der Waals surface area contributed by atoms with E-state index in [9.17, 15) is 0 Å². The Balaban J connectivity index is 2.82. The van der Waals surface area contributed by atoms with E-state index >= 15 is 0 Å². The first-order valence-corrected chi connectivity index (χ1v) is 6.17. The summed E-state index contributed by atoms with van der Waals surface area (Å²) < 4.78 is 4.96. The number of hydrogen-bond donors (Lipinski definition) is 1. The van der Waals surface area contributed by atoms with Gasteiger partial charge in [0.05, 0.1) is 7.11 Å². The average molecular weight is 274 g/mol. The summed E-state index contributed by atoms with van der Waals surface area (Å²) in [5.41, 5.74) is 0. The number of aromatic nitrogens is 3. The Morgan fingerprint density at radius 2 is 1.94 bits per heavy atom. The molecule has 1 unspecified atom stereocenters. The van der Waals surface area contributed by atoms with E-state index in [1.54, 1.807) is 0 Å². The predicted molar refractivity (Wildman–Crippen MR) is 72.2 cm³/mol. The molecule has 0 spiro atoms. The number of likely N-dealkylation sites (N-methyl/N-ethyl adjacent to an activating group) is 1. The lowest BCUT2D eigenvalue weighted by atomic mass is 10.0. The van der Waals surface area contributed by atoms with Gasteiger partial charge in [-0.1, -0.05) is 13.8 Å². The second kappa shape index (κ2) is 6.70. The lowest BCUT2D eigenvalue weighted by Crippen LogP contribution is -2.37. The summed E-state index contributed by atoms with van der Waals surface area (Å²) in [6, 6.07) is 0.438. The zero-order chi connectivity index (χ0) is 13.7. The quantitative estimate of drug-likeness (QED) is 0.848. The summed E-state index contributed by atoms with van der Waals surface area (Å²) >= 11 is 5.80. The molecule has 0 saturated carbocycles. The summed E-state index contributed by atoms with van der Waals surface area (Å²) in [5.74, 6) is 0.876. The van der Waals surface area contributed by atoms with Crippen LogP contribution in [0.25, 0.3) is 0 Å². The van der Waals surface area contributed by atoms with Gasteiger partial charge in [0.2, 0.25) is 11.2 Å². The third-order valence-corrected chi connectivity index (χ3v) is 2.62. The van der Waals surface area contributed by atoms with Crippen LogP contribution in [0, 0.1) is 5.92 Å². The van der Waals surface area contributed by atoms with Crippen LogP contribution in [-0.2, 0) is 0 Å². The minimum absolute atomic E-state index is 0.122. The molecule has 0 fully saturated rings. The Labute approximate surface area is 113 Å². The van der Waals surface area contributed by atoms with E-state index in [0.717, 1.165) is 6.54 Å². The maximum atomic E-state index is 5.80. The Kier molecular flexibility index (Phi) is 5.55. The normalized spacial score (nSPS) is 12.9. The number of rotatable bonds is 6. The Bertz CT molecular complexity index is 386. The highest BCUT2D eigenvalue weighted by atomic mass is 35.5. The first-order valence-electron chi connectivity index (χ1n) is 5.79. The first-order chi connectivity index (χ1) is 8.42. The highest BCUT2D eigenvalue weighted by molar-refractivity contribution is 6.28. The Hall–Kier alpha value is -1.14. The summed E-state index contributed by atoms with van der Waals surface area (Å²) in [5, 5.41) is 3.38. The van der Waals surface area contributed by atoms with Gasteiger partial charge in [0, 0.05) is 12.6 Å². The fourth-order valence-electron chi connectivity index (χ4n) is 1.47. The molecule has 1 aromatic heterocycles. The molecule has 102 valence electrons. The summed E-state index contributed by atoms with van der Waals surface area (Å²) in [6.07, 6.45) is 0. The second-order valence-corrected chi connectivity index (χ2v) is 5.01. The summed E-state index contributed by atoms with van der Waals surface area (Å²) in [7, 11) is 5.55. The Morgan fingerprint density at radius 3 is 2.44 bits per heavy atom. The molecule has 0 saturated heterocycles. The molecule has 0 aromatic carbocycles. The van der Waals surface area contributed by atoms with Crippen LogP contribution in [0.1, 0.15) is 13.8 Å². The van der Waals surface area contributed by atoms with Crippen LogP contribution in [0.3, 0.4) is 0 Å². The first kappa shape index (κ1) is 14.9. The fraction of sp³-hybridized carbons (Fsp3) is 0.727. The lowest BCUT2D eigenvalue weighted by Gasteiger charge is -2.25. The second-order valence-electron chi connectivity index (χ2n) is 4.67. The van der Waals surface area contributed by atoms with Gasteiger partial charge in [0.1, 0.15) is 0 Å². The van der Waals surface area contributed by atoms with Crippen molar-refractivity contribution in [1.29, 1.82) is 0 Å². The Morgan fingerprint density at radius 1 is 1.28 bits per heavy atom. The third kappa shape index (κ3) is 4.62. The summed E-state index contributed by atoms with van der Waals surface area (Å²) in [6.45, 7) is 5.16. The SMILES string of the molecule is COc1nc(Cl)nc(NC(CN(C)C)C(C)C)n1. The number of anilines is 1. The molecule has 1 atom stereocenters. The molecule has 6 nitrogen and oxygen atoms in total. The van der Waals surface area contributed by atoms with E-state index in [0.29, 0.717) is 11.9 Å². The van der Waals surface area contributed by atoms with Crippen LogP contribution in [0.15, 0.2) is 0 Å². The fourth-order valence-corrected chi connectivity index (χ4v) is 1.62. The van der Waals surface area contributed by atoms with Gasteiger partial charge in [-0.3, -0.25) is 0 Å². The molecule has 18 heavy (non-hydrogen) atoms. The smallest absolute Gasteiger partial charge is 0.322 e. The van der Waals surface area contributed by atoms with Crippen molar-refractivity contribution in [3.63, 3.8) is 0 Å².